The largest absolute Gasteiger partial charge is 0.366 e. The quantitative estimate of drug-likeness (QED) is 0.746. The fourth-order valence-corrected chi connectivity index (χ4v) is 2.53. The number of hydrogen-bond donors (Lipinski definition) is 3. The average Bonchev–Trinajstić information content (AvgIpc) is 2.48. The summed E-state index contributed by atoms with van der Waals surface area (Å²) in [5, 5.41) is 13.9. The van der Waals surface area contributed by atoms with Crippen LogP contribution in [0.25, 0.3) is 0 Å². The van der Waals surface area contributed by atoms with E-state index in [4.69, 9.17) is 5.73 Å². The number of hydrogen-bond acceptors (Lipinski definition) is 5. The van der Waals surface area contributed by atoms with Crippen molar-refractivity contribution < 1.29 is 4.79 Å². The molecule has 6 heteroatoms. The Bertz CT molecular complexity index is 420. The van der Waals surface area contributed by atoms with E-state index in [1.54, 1.807) is 19.2 Å². The number of nitrogens with two attached hydrogens (primary N) is 1. The van der Waals surface area contributed by atoms with E-state index in [0.717, 1.165) is 12.8 Å². The molecule has 0 aliphatic heterocycles. The zero-order valence-electron chi connectivity index (χ0n) is 11.2. The standard InChI is InChI=1S/C13H21N5O/c1-15-13(19)11-6-7-12(18-17-11)16-10-5-3-2-4-9(10)8-14/h6-7,9-10H,2-5,8,14H2,1H3,(H,15,19)(H,16,18). The normalized spacial score (nSPS) is 22.8. The number of aromatic nitrogens is 2. The fourth-order valence-electron chi connectivity index (χ4n) is 2.53. The van der Waals surface area contributed by atoms with Crippen LogP contribution in [-0.4, -0.2) is 35.7 Å². The number of carbonyl (C=O) groups is 1. The van der Waals surface area contributed by atoms with Crippen LogP contribution in [0.3, 0.4) is 0 Å². The zero-order chi connectivity index (χ0) is 13.7. The first-order valence-electron chi connectivity index (χ1n) is 6.77. The Kier molecular flexibility index (Phi) is 4.68. The zero-order valence-corrected chi connectivity index (χ0v) is 11.2. The summed E-state index contributed by atoms with van der Waals surface area (Å²) in [7, 11) is 1.57. The lowest BCUT2D eigenvalue weighted by molar-refractivity contribution is 0.0957. The Morgan fingerprint density at radius 2 is 2.16 bits per heavy atom. The van der Waals surface area contributed by atoms with Gasteiger partial charge < -0.3 is 16.4 Å². The smallest absolute Gasteiger partial charge is 0.271 e. The molecule has 0 radical (unpaired) electrons. The molecule has 1 heterocycles. The minimum Gasteiger partial charge on any atom is -0.366 e. The molecule has 2 atom stereocenters. The predicted octanol–water partition coefficient (Wildman–Crippen LogP) is 0.766. The number of amides is 1. The molecule has 1 amide bonds. The third kappa shape index (κ3) is 3.41. The van der Waals surface area contributed by atoms with Crippen LogP contribution in [-0.2, 0) is 0 Å². The average molecular weight is 263 g/mol. The third-order valence-corrected chi connectivity index (χ3v) is 3.67. The molecule has 1 aromatic heterocycles. The van der Waals surface area contributed by atoms with Crippen LogP contribution in [0.5, 0.6) is 0 Å². The molecule has 19 heavy (non-hydrogen) atoms. The van der Waals surface area contributed by atoms with Crippen LogP contribution in [0.2, 0.25) is 0 Å². The lowest BCUT2D eigenvalue weighted by Crippen LogP contribution is -2.37. The van der Waals surface area contributed by atoms with Crippen molar-refractivity contribution in [1.29, 1.82) is 0 Å². The van der Waals surface area contributed by atoms with E-state index in [2.05, 4.69) is 20.8 Å². The SMILES string of the molecule is CNC(=O)c1ccc(NC2CCCCC2CN)nn1. The maximum atomic E-state index is 11.4. The summed E-state index contributed by atoms with van der Waals surface area (Å²) in [6, 6.07) is 3.83. The second-order valence-corrected chi connectivity index (χ2v) is 4.91. The first kappa shape index (κ1) is 13.7. The van der Waals surface area contributed by atoms with E-state index in [1.165, 1.54) is 12.8 Å². The summed E-state index contributed by atoms with van der Waals surface area (Å²) in [6.07, 6.45) is 4.75. The molecule has 6 nitrogen and oxygen atoms in total. The van der Waals surface area contributed by atoms with Crippen LogP contribution >= 0.6 is 0 Å². The highest BCUT2D eigenvalue weighted by atomic mass is 16.1. The summed E-state index contributed by atoms with van der Waals surface area (Å²) in [6.45, 7) is 0.696. The minimum atomic E-state index is -0.225. The highest BCUT2D eigenvalue weighted by molar-refractivity contribution is 5.91. The Hall–Kier alpha value is -1.69. The van der Waals surface area contributed by atoms with Gasteiger partial charge in [-0.3, -0.25) is 4.79 Å². The van der Waals surface area contributed by atoms with E-state index in [1.807, 2.05) is 0 Å². The molecule has 1 aromatic rings. The number of rotatable bonds is 4. The molecule has 1 fully saturated rings. The van der Waals surface area contributed by atoms with E-state index in [0.29, 0.717) is 30.0 Å². The Morgan fingerprint density at radius 1 is 1.37 bits per heavy atom. The fraction of sp³-hybridized carbons (Fsp3) is 0.615. The van der Waals surface area contributed by atoms with Crippen molar-refractivity contribution in [3.63, 3.8) is 0 Å². The summed E-state index contributed by atoms with van der Waals surface area (Å²) in [4.78, 5) is 11.4. The van der Waals surface area contributed by atoms with Gasteiger partial charge in [-0.05, 0) is 37.4 Å². The van der Waals surface area contributed by atoms with Crippen LogP contribution < -0.4 is 16.4 Å². The van der Waals surface area contributed by atoms with Gasteiger partial charge in [0.05, 0.1) is 0 Å². The van der Waals surface area contributed by atoms with E-state index < -0.39 is 0 Å². The Balaban J connectivity index is 2.00. The molecule has 0 bridgehead atoms. The topological polar surface area (TPSA) is 92.9 Å². The van der Waals surface area contributed by atoms with Gasteiger partial charge in [-0.25, -0.2) is 0 Å². The van der Waals surface area contributed by atoms with Gasteiger partial charge in [0.1, 0.15) is 5.82 Å². The maximum absolute atomic E-state index is 11.4. The van der Waals surface area contributed by atoms with Gasteiger partial charge in [0.2, 0.25) is 0 Å². The van der Waals surface area contributed by atoms with Gasteiger partial charge >= 0.3 is 0 Å². The van der Waals surface area contributed by atoms with Gasteiger partial charge in [0.15, 0.2) is 5.69 Å². The van der Waals surface area contributed by atoms with Gasteiger partial charge in [0.25, 0.3) is 5.91 Å². The second kappa shape index (κ2) is 6.47. The summed E-state index contributed by atoms with van der Waals surface area (Å²) >= 11 is 0. The molecule has 1 saturated carbocycles. The first-order valence-corrected chi connectivity index (χ1v) is 6.77. The second-order valence-electron chi connectivity index (χ2n) is 4.91. The summed E-state index contributed by atoms with van der Waals surface area (Å²) in [5.41, 5.74) is 6.13. The van der Waals surface area contributed by atoms with E-state index in [9.17, 15) is 4.79 Å². The molecule has 4 N–H and O–H groups in total. The molecular weight excluding hydrogens is 242 g/mol. The summed E-state index contributed by atoms with van der Waals surface area (Å²) in [5.74, 6) is 0.976. The molecule has 0 spiro atoms. The maximum Gasteiger partial charge on any atom is 0.271 e. The molecule has 2 unspecified atom stereocenters. The molecule has 1 aliphatic carbocycles. The molecule has 2 rings (SSSR count). The number of nitrogens with one attached hydrogen (secondary N) is 2. The molecule has 0 aromatic carbocycles. The lowest BCUT2D eigenvalue weighted by atomic mass is 9.84. The first-order chi connectivity index (χ1) is 9.24. The Morgan fingerprint density at radius 3 is 2.79 bits per heavy atom. The van der Waals surface area contributed by atoms with Crippen molar-refractivity contribution in [2.45, 2.75) is 31.7 Å². The van der Waals surface area contributed by atoms with Gasteiger partial charge in [-0.1, -0.05) is 12.8 Å². The van der Waals surface area contributed by atoms with Gasteiger partial charge in [-0.15, -0.1) is 10.2 Å². The number of anilines is 1. The molecule has 1 aliphatic rings. The van der Waals surface area contributed by atoms with Crippen molar-refractivity contribution in [3.8, 4) is 0 Å². The Labute approximate surface area is 113 Å². The highest BCUT2D eigenvalue weighted by Gasteiger charge is 2.24. The van der Waals surface area contributed by atoms with Crippen LogP contribution in [0.4, 0.5) is 5.82 Å². The van der Waals surface area contributed by atoms with Crippen LogP contribution in [0.15, 0.2) is 12.1 Å². The third-order valence-electron chi connectivity index (χ3n) is 3.67. The predicted molar refractivity (Wildman–Crippen MR) is 73.8 cm³/mol. The van der Waals surface area contributed by atoms with Gasteiger partial charge in [0, 0.05) is 13.1 Å². The van der Waals surface area contributed by atoms with E-state index in [-0.39, 0.29) is 5.91 Å². The van der Waals surface area contributed by atoms with Crippen LogP contribution in [0.1, 0.15) is 36.2 Å². The lowest BCUT2D eigenvalue weighted by Gasteiger charge is -2.31. The molecular formula is C13H21N5O. The van der Waals surface area contributed by atoms with E-state index >= 15 is 0 Å². The number of nitrogens with zero attached hydrogens (tertiary/aromatic N) is 2. The summed E-state index contributed by atoms with van der Waals surface area (Å²) < 4.78 is 0. The molecule has 104 valence electrons. The van der Waals surface area contributed by atoms with Crippen molar-refractivity contribution in [2.24, 2.45) is 11.7 Å². The number of carbonyl (C=O) groups excluding carboxylic acids is 1. The monoisotopic (exact) mass is 263 g/mol. The van der Waals surface area contributed by atoms with Crippen molar-refractivity contribution >= 4 is 11.7 Å². The van der Waals surface area contributed by atoms with Crippen molar-refractivity contribution in [3.05, 3.63) is 17.8 Å². The van der Waals surface area contributed by atoms with Crippen molar-refractivity contribution in [1.82, 2.24) is 15.5 Å². The molecule has 0 saturated heterocycles. The van der Waals surface area contributed by atoms with Crippen LogP contribution in [0, 0.1) is 5.92 Å². The minimum absolute atomic E-state index is 0.225. The highest BCUT2D eigenvalue weighted by Crippen LogP contribution is 2.25. The van der Waals surface area contributed by atoms with Crippen molar-refractivity contribution in [2.75, 3.05) is 18.9 Å². The van der Waals surface area contributed by atoms with Gasteiger partial charge in [-0.2, -0.15) is 0 Å².